The maximum absolute atomic E-state index is 11.1. The van der Waals surface area contributed by atoms with Gasteiger partial charge in [-0.1, -0.05) is 19.1 Å². The standard InChI is InChI=1S/C15H25NO3S/c1-4-13-6-5-7-15(8-13)19-10-14(17)9-16-12(2)11-20(3)18/h5-8,12,14,16-17H,4,9-11H2,1-3H3. The van der Waals surface area contributed by atoms with E-state index < -0.39 is 16.9 Å². The van der Waals surface area contributed by atoms with E-state index in [2.05, 4.69) is 18.3 Å². The van der Waals surface area contributed by atoms with Crippen LogP contribution in [0.2, 0.25) is 0 Å². The fourth-order valence-electron chi connectivity index (χ4n) is 1.85. The van der Waals surface area contributed by atoms with Gasteiger partial charge < -0.3 is 15.2 Å². The highest BCUT2D eigenvalue weighted by molar-refractivity contribution is 7.84. The molecule has 0 saturated heterocycles. The molecule has 1 aromatic rings. The van der Waals surface area contributed by atoms with Crippen molar-refractivity contribution < 1.29 is 14.1 Å². The Morgan fingerprint density at radius 3 is 2.85 bits per heavy atom. The Kier molecular flexibility index (Phi) is 7.80. The zero-order chi connectivity index (χ0) is 15.0. The van der Waals surface area contributed by atoms with E-state index in [-0.39, 0.29) is 12.6 Å². The molecular weight excluding hydrogens is 274 g/mol. The van der Waals surface area contributed by atoms with Crippen LogP contribution in [0, 0.1) is 0 Å². The van der Waals surface area contributed by atoms with Crippen LogP contribution in [0.3, 0.4) is 0 Å². The van der Waals surface area contributed by atoms with Gasteiger partial charge in [-0.3, -0.25) is 4.21 Å². The van der Waals surface area contributed by atoms with Crippen molar-refractivity contribution in [2.75, 3.05) is 25.2 Å². The van der Waals surface area contributed by atoms with Crippen LogP contribution in [-0.2, 0) is 17.2 Å². The molecule has 0 aromatic heterocycles. The number of benzene rings is 1. The molecule has 0 fully saturated rings. The minimum absolute atomic E-state index is 0.124. The van der Waals surface area contributed by atoms with Gasteiger partial charge in [0.15, 0.2) is 0 Å². The number of aliphatic hydroxyl groups excluding tert-OH is 1. The molecule has 114 valence electrons. The third-order valence-electron chi connectivity index (χ3n) is 2.94. The first-order valence-corrected chi connectivity index (χ1v) is 8.67. The van der Waals surface area contributed by atoms with Crippen molar-refractivity contribution >= 4 is 10.8 Å². The van der Waals surface area contributed by atoms with E-state index in [9.17, 15) is 9.32 Å². The number of nitrogens with one attached hydrogen (secondary N) is 1. The lowest BCUT2D eigenvalue weighted by Gasteiger charge is -2.17. The van der Waals surface area contributed by atoms with Gasteiger partial charge in [-0.2, -0.15) is 0 Å². The Morgan fingerprint density at radius 2 is 2.20 bits per heavy atom. The first kappa shape index (κ1) is 17.1. The van der Waals surface area contributed by atoms with Gasteiger partial charge in [-0.25, -0.2) is 0 Å². The normalized spacial score (nSPS) is 15.6. The molecule has 0 aliphatic rings. The summed E-state index contributed by atoms with van der Waals surface area (Å²) in [5, 5.41) is 13.0. The predicted molar refractivity (Wildman–Crippen MR) is 83.7 cm³/mol. The molecule has 0 aliphatic carbocycles. The van der Waals surface area contributed by atoms with Crippen molar-refractivity contribution in [1.29, 1.82) is 0 Å². The molecule has 5 heteroatoms. The lowest BCUT2D eigenvalue weighted by Crippen LogP contribution is -2.39. The van der Waals surface area contributed by atoms with Gasteiger partial charge in [0.05, 0.1) is 0 Å². The monoisotopic (exact) mass is 299 g/mol. The van der Waals surface area contributed by atoms with Gasteiger partial charge in [0.25, 0.3) is 0 Å². The number of hydrogen-bond donors (Lipinski definition) is 2. The lowest BCUT2D eigenvalue weighted by atomic mass is 10.2. The average molecular weight is 299 g/mol. The summed E-state index contributed by atoms with van der Waals surface area (Å²) in [6.45, 7) is 4.74. The Balaban J connectivity index is 2.28. The fraction of sp³-hybridized carbons (Fsp3) is 0.600. The molecule has 0 heterocycles. The number of aliphatic hydroxyl groups is 1. The molecule has 0 bridgehead atoms. The summed E-state index contributed by atoms with van der Waals surface area (Å²) in [6, 6.07) is 8.01. The minimum atomic E-state index is -0.823. The topological polar surface area (TPSA) is 58.6 Å². The van der Waals surface area contributed by atoms with Crippen LogP contribution in [0.4, 0.5) is 0 Å². The minimum Gasteiger partial charge on any atom is -0.491 e. The summed E-state index contributed by atoms with van der Waals surface area (Å²) < 4.78 is 16.6. The van der Waals surface area contributed by atoms with Crippen LogP contribution in [0.25, 0.3) is 0 Å². The highest BCUT2D eigenvalue weighted by Crippen LogP contribution is 2.13. The molecule has 0 amide bonds. The highest BCUT2D eigenvalue weighted by Gasteiger charge is 2.09. The van der Waals surface area contributed by atoms with Crippen LogP contribution in [-0.4, -0.2) is 46.6 Å². The lowest BCUT2D eigenvalue weighted by molar-refractivity contribution is 0.105. The molecule has 3 unspecified atom stereocenters. The van der Waals surface area contributed by atoms with E-state index >= 15 is 0 Å². The van der Waals surface area contributed by atoms with Crippen LogP contribution in [0.1, 0.15) is 19.4 Å². The van der Waals surface area contributed by atoms with Gasteiger partial charge in [-0.05, 0) is 31.0 Å². The summed E-state index contributed by atoms with van der Waals surface area (Å²) >= 11 is 0. The quantitative estimate of drug-likeness (QED) is 0.722. The van der Waals surface area contributed by atoms with E-state index in [0.717, 1.165) is 12.2 Å². The second kappa shape index (κ2) is 9.10. The Bertz CT molecular complexity index is 425. The second-order valence-electron chi connectivity index (χ2n) is 5.01. The van der Waals surface area contributed by atoms with Crippen LogP contribution >= 0.6 is 0 Å². The maximum Gasteiger partial charge on any atom is 0.119 e. The first-order chi connectivity index (χ1) is 9.51. The maximum atomic E-state index is 11.1. The first-order valence-electron chi connectivity index (χ1n) is 6.94. The van der Waals surface area contributed by atoms with Crippen LogP contribution in [0.15, 0.2) is 24.3 Å². The van der Waals surface area contributed by atoms with Gasteiger partial charge in [-0.15, -0.1) is 0 Å². The van der Waals surface area contributed by atoms with Crippen molar-refractivity contribution in [3.05, 3.63) is 29.8 Å². The van der Waals surface area contributed by atoms with Crippen LogP contribution in [0.5, 0.6) is 5.75 Å². The SMILES string of the molecule is CCc1cccc(OCC(O)CNC(C)CS(C)=O)c1. The molecular formula is C15H25NO3S. The predicted octanol–water partition coefficient (Wildman–Crippen LogP) is 1.35. The number of rotatable bonds is 9. The molecule has 0 saturated carbocycles. The second-order valence-corrected chi connectivity index (χ2v) is 6.49. The Morgan fingerprint density at radius 1 is 1.45 bits per heavy atom. The van der Waals surface area contributed by atoms with Crippen molar-refractivity contribution in [3.63, 3.8) is 0 Å². The summed E-state index contributed by atoms with van der Waals surface area (Å²) in [4.78, 5) is 0. The average Bonchev–Trinajstić information content (AvgIpc) is 2.42. The summed E-state index contributed by atoms with van der Waals surface area (Å²) in [6.07, 6.45) is 2.07. The smallest absolute Gasteiger partial charge is 0.119 e. The molecule has 2 N–H and O–H groups in total. The van der Waals surface area contributed by atoms with Crippen molar-refractivity contribution in [2.45, 2.75) is 32.4 Å². The van der Waals surface area contributed by atoms with Crippen LogP contribution < -0.4 is 10.1 Å². The van der Waals surface area contributed by atoms with Gasteiger partial charge >= 0.3 is 0 Å². The van der Waals surface area contributed by atoms with E-state index in [1.54, 1.807) is 6.26 Å². The number of ether oxygens (including phenoxy) is 1. The molecule has 3 atom stereocenters. The third-order valence-corrected chi connectivity index (χ3v) is 3.91. The fourth-order valence-corrected chi connectivity index (χ4v) is 2.68. The molecule has 4 nitrogen and oxygen atoms in total. The molecule has 20 heavy (non-hydrogen) atoms. The van der Waals surface area contributed by atoms with E-state index in [1.165, 1.54) is 5.56 Å². The van der Waals surface area contributed by atoms with Crippen molar-refractivity contribution in [2.24, 2.45) is 0 Å². The zero-order valence-electron chi connectivity index (χ0n) is 12.5. The summed E-state index contributed by atoms with van der Waals surface area (Å²) in [5.41, 5.74) is 1.22. The van der Waals surface area contributed by atoms with E-state index in [1.807, 2.05) is 25.1 Å². The van der Waals surface area contributed by atoms with E-state index in [0.29, 0.717) is 12.3 Å². The van der Waals surface area contributed by atoms with Crippen molar-refractivity contribution in [1.82, 2.24) is 5.32 Å². The molecule has 1 aromatic carbocycles. The highest BCUT2D eigenvalue weighted by atomic mass is 32.2. The van der Waals surface area contributed by atoms with Gasteiger partial charge in [0.1, 0.15) is 18.5 Å². The van der Waals surface area contributed by atoms with Crippen molar-refractivity contribution in [3.8, 4) is 5.75 Å². The largest absolute Gasteiger partial charge is 0.491 e. The summed E-state index contributed by atoms with van der Waals surface area (Å²) in [7, 11) is -0.823. The van der Waals surface area contributed by atoms with Gasteiger partial charge in [0.2, 0.25) is 0 Å². The molecule has 1 rings (SSSR count). The number of hydrogen-bond acceptors (Lipinski definition) is 4. The van der Waals surface area contributed by atoms with E-state index in [4.69, 9.17) is 4.74 Å². The summed E-state index contributed by atoms with van der Waals surface area (Å²) in [5.74, 6) is 1.37. The molecule has 0 spiro atoms. The Labute approximate surface area is 124 Å². The Hall–Kier alpha value is -0.910. The third kappa shape index (κ3) is 7.03. The van der Waals surface area contributed by atoms with Gasteiger partial charge in [0, 0.05) is 35.4 Å². The zero-order valence-corrected chi connectivity index (χ0v) is 13.3. The number of aryl methyl sites for hydroxylation is 1. The molecule has 0 radical (unpaired) electrons. The molecule has 0 aliphatic heterocycles.